The molecule has 25 heavy (non-hydrogen) atoms. The van der Waals surface area contributed by atoms with Crippen molar-refractivity contribution in [1.82, 2.24) is 0 Å². The van der Waals surface area contributed by atoms with Crippen LogP contribution in [-0.2, 0) is 4.65 Å². The minimum absolute atomic E-state index is 0.399. The predicted molar refractivity (Wildman–Crippen MR) is 113 cm³/mol. The van der Waals surface area contributed by atoms with Gasteiger partial charge in [0.25, 0.3) is 0 Å². The second kappa shape index (κ2) is 13.3. The molecule has 0 unspecified atom stereocenters. The summed E-state index contributed by atoms with van der Waals surface area (Å²) in [5.74, 6) is 2.32. The van der Waals surface area contributed by atoms with Crippen molar-refractivity contribution in [2.24, 2.45) is 5.92 Å². The Hall–Kier alpha value is 0.0549. The summed E-state index contributed by atoms with van der Waals surface area (Å²) >= 11 is 5.87. The van der Waals surface area contributed by atoms with Gasteiger partial charge in [-0.1, -0.05) is 82.7 Å². The lowest BCUT2D eigenvalue weighted by atomic mass is 9.43. The number of hydrogen-bond donors (Lipinski definition) is 0. The van der Waals surface area contributed by atoms with Crippen LogP contribution in [0.1, 0.15) is 103 Å². The van der Waals surface area contributed by atoms with Gasteiger partial charge in [0, 0.05) is 12.5 Å². The van der Waals surface area contributed by atoms with Crippen LogP contribution < -0.4 is 0 Å². The summed E-state index contributed by atoms with van der Waals surface area (Å²) in [4.78, 5) is 0. The molecule has 0 aromatic rings. The summed E-state index contributed by atoms with van der Waals surface area (Å²) in [6, 6.07) is 0. The molecule has 144 valence electrons. The van der Waals surface area contributed by atoms with Crippen LogP contribution in [0, 0.1) is 5.92 Å². The second-order valence-corrected chi connectivity index (χ2v) is 8.64. The lowest BCUT2D eigenvalue weighted by Gasteiger charge is -2.34. The smallest absolute Gasteiger partial charge is 0.325 e. The highest BCUT2D eigenvalue weighted by Crippen LogP contribution is 2.40. The molecule has 2 saturated carbocycles. The SMILES string of the molecule is CCCC/C=C(\B(OCCCCCl)C1CCCCC1)C1CCCCC1. The molecule has 0 aromatic heterocycles. The molecule has 2 aliphatic rings. The first-order chi connectivity index (χ1) is 12.4. The van der Waals surface area contributed by atoms with E-state index in [1.165, 1.54) is 83.5 Å². The Balaban J connectivity index is 2.08. The number of alkyl halides is 1. The molecular formula is C22H40BClO. The van der Waals surface area contributed by atoms with Crippen molar-refractivity contribution in [3.05, 3.63) is 11.5 Å². The van der Waals surface area contributed by atoms with E-state index in [4.69, 9.17) is 16.3 Å². The highest BCUT2D eigenvalue weighted by Gasteiger charge is 2.35. The monoisotopic (exact) mass is 366 g/mol. The van der Waals surface area contributed by atoms with Crippen molar-refractivity contribution in [2.45, 2.75) is 109 Å². The maximum absolute atomic E-state index is 6.60. The molecule has 0 bridgehead atoms. The van der Waals surface area contributed by atoms with E-state index < -0.39 is 0 Å². The molecule has 3 heteroatoms. The van der Waals surface area contributed by atoms with Gasteiger partial charge in [-0.15, -0.1) is 11.6 Å². The molecule has 2 fully saturated rings. The zero-order chi connectivity index (χ0) is 17.7. The van der Waals surface area contributed by atoms with Crippen molar-refractivity contribution >= 4 is 18.5 Å². The van der Waals surface area contributed by atoms with E-state index in [0.717, 1.165) is 37.1 Å². The van der Waals surface area contributed by atoms with E-state index >= 15 is 0 Å². The summed E-state index contributed by atoms with van der Waals surface area (Å²) in [6.07, 6.45) is 22.7. The van der Waals surface area contributed by atoms with Crippen LogP contribution in [0.2, 0.25) is 5.82 Å². The molecule has 0 spiro atoms. The van der Waals surface area contributed by atoms with E-state index in [9.17, 15) is 0 Å². The molecule has 0 heterocycles. The van der Waals surface area contributed by atoms with Crippen LogP contribution in [0.25, 0.3) is 0 Å². The van der Waals surface area contributed by atoms with Gasteiger partial charge in [-0.25, -0.2) is 0 Å². The second-order valence-electron chi connectivity index (χ2n) is 8.27. The molecule has 0 amide bonds. The number of rotatable bonds is 11. The van der Waals surface area contributed by atoms with Crippen molar-refractivity contribution in [2.75, 3.05) is 12.5 Å². The highest BCUT2D eigenvalue weighted by atomic mass is 35.5. The summed E-state index contributed by atoms with van der Waals surface area (Å²) in [5, 5.41) is 0. The van der Waals surface area contributed by atoms with Gasteiger partial charge >= 0.3 is 6.92 Å². The molecule has 1 nitrogen and oxygen atoms in total. The fourth-order valence-electron chi connectivity index (χ4n) is 4.77. The lowest BCUT2D eigenvalue weighted by molar-refractivity contribution is 0.291. The van der Waals surface area contributed by atoms with Gasteiger partial charge in [-0.3, -0.25) is 0 Å². The Bertz CT molecular complexity index is 359. The molecule has 0 aromatic carbocycles. The standard InChI is InChI=1S/C22H40BClO/c1-2-3-6-17-22(20-13-7-4-8-14-20)23(25-19-12-11-18-24)21-15-9-5-10-16-21/h17,20-21H,2-16,18-19H2,1H3/b22-17-. The normalized spacial score (nSPS) is 20.8. The maximum Gasteiger partial charge on any atom is 0.325 e. The molecule has 0 aliphatic heterocycles. The van der Waals surface area contributed by atoms with Gasteiger partial charge in [0.2, 0.25) is 0 Å². The molecule has 0 N–H and O–H groups in total. The first-order valence-electron chi connectivity index (χ1n) is 11.2. The molecular weight excluding hydrogens is 327 g/mol. The number of allylic oxidation sites excluding steroid dienone is 2. The number of halogens is 1. The Morgan fingerprint density at radius 1 is 0.960 bits per heavy atom. The average molecular weight is 367 g/mol. The summed E-state index contributed by atoms with van der Waals surface area (Å²) in [5.41, 5.74) is 1.70. The van der Waals surface area contributed by atoms with Gasteiger partial charge in [-0.05, 0) is 43.8 Å². The van der Waals surface area contributed by atoms with Gasteiger partial charge < -0.3 is 4.65 Å². The Morgan fingerprint density at radius 3 is 2.28 bits per heavy atom. The van der Waals surface area contributed by atoms with Crippen LogP contribution in [0.5, 0.6) is 0 Å². The van der Waals surface area contributed by atoms with Crippen molar-refractivity contribution < 1.29 is 4.65 Å². The van der Waals surface area contributed by atoms with E-state index in [0.29, 0.717) is 6.92 Å². The van der Waals surface area contributed by atoms with Crippen molar-refractivity contribution in [3.8, 4) is 0 Å². The van der Waals surface area contributed by atoms with E-state index in [-0.39, 0.29) is 0 Å². The number of hydrogen-bond acceptors (Lipinski definition) is 1. The Kier molecular flexibility index (Phi) is 11.3. The Morgan fingerprint density at radius 2 is 1.64 bits per heavy atom. The van der Waals surface area contributed by atoms with Crippen molar-refractivity contribution in [1.29, 1.82) is 0 Å². The van der Waals surface area contributed by atoms with E-state index in [2.05, 4.69) is 13.0 Å². The van der Waals surface area contributed by atoms with Crippen LogP contribution in [0.15, 0.2) is 11.5 Å². The third-order valence-electron chi connectivity index (χ3n) is 6.25. The quantitative estimate of drug-likeness (QED) is 0.208. The minimum atomic E-state index is 0.399. The minimum Gasteiger partial charge on any atom is -0.431 e. The molecule has 0 radical (unpaired) electrons. The largest absolute Gasteiger partial charge is 0.431 e. The first kappa shape index (κ1) is 21.4. The van der Waals surface area contributed by atoms with E-state index in [1.807, 2.05) is 0 Å². The maximum atomic E-state index is 6.60. The zero-order valence-corrected chi connectivity index (χ0v) is 17.4. The van der Waals surface area contributed by atoms with Crippen LogP contribution in [-0.4, -0.2) is 19.4 Å². The first-order valence-corrected chi connectivity index (χ1v) is 11.8. The third kappa shape index (κ3) is 7.67. The topological polar surface area (TPSA) is 9.23 Å². The van der Waals surface area contributed by atoms with Crippen LogP contribution >= 0.6 is 11.6 Å². The zero-order valence-electron chi connectivity index (χ0n) is 16.6. The summed E-state index contributed by atoms with van der Waals surface area (Å²) < 4.78 is 6.60. The molecule has 2 aliphatic carbocycles. The average Bonchev–Trinajstić information content (AvgIpc) is 2.68. The Labute approximate surface area is 162 Å². The third-order valence-corrected chi connectivity index (χ3v) is 6.51. The van der Waals surface area contributed by atoms with Gasteiger partial charge in [0.15, 0.2) is 0 Å². The van der Waals surface area contributed by atoms with Crippen molar-refractivity contribution in [3.63, 3.8) is 0 Å². The predicted octanol–water partition coefficient (Wildman–Crippen LogP) is 7.58. The number of unbranched alkanes of at least 4 members (excludes halogenated alkanes) is 3. The fourth-order valence-corrected chi connectivity index (χ4v) is 4.96. The molecule has 2 rings (SSSR count). The van der Waals surface area contributed by atoms with E-state index in [1.54, 1.807) is 5.47 Å². The summed E-state index contributed by atoms with van der Waals surface area (Å²) in [7, 11) is 0. The van der Waals surface area contributed by atoms with Crippen LogP contribution in [0.3, 0.4) is 0 Å². The lowest BCUT2D eigenvalue weighted by Crippen LogP contribution is -2.34. The molecule has 0 saturated heterocycles. The van der Waals surface area contributed by atoms with Gasteiger partial charge in [0.1, 0.15) is 0 Å². The van der Waals surface area contributed by atoms with Gasteiger partial charge in [-0.2, -0.15) is 0 Å². The molecule has 0 atom stereocenters. The van der Waals surface area contributed by atoms with Crippen LogP contribution in [0.4, 0.5) is 0 Å². The fraction of sp³-hybridized carbons (Fsp3) is 0.909. The highest BCUT2D eigenvalue weighted by molar-refractivity contribution is 6.62. The van der Waals surface area contributed by atoms with Gasteiger partial charge in [0.05, 0.1) is 0 Å². The summed E-state index contributed by atoms with van der Waals surface area (Å²) in [6.45, 7) is 3.59.